The largest absolute Gasteiger partial charge is 0.497 e. The van der Waals surface area contributed by atoms with Gasteiger partial charge in [-0.2, -0.15) is 0 Å². The zero-order valence-corrected chi connectivity index (χ0v) is 17.6. The SMILES string of the molecule is CCCCN1C(=S)N[C@@H](c2ccccn2)[C@H]1c1cccn1-c1ccc(OC)cc1. The summed E-state index contributed by atoms with van der Waals surface area (Å²) in [5, 5.41) is 4.32. The summed E-state index contributed by atoms with van der Waals surface area (Å²) in [5.74, 6) is 0.849. The fraction of sp³-hybridized carbons (Fsp3) is 0.304. The Balaban J connectivity index is 1.76. The van der Waals surface area contributed by atoms with Crippen LogP contribution in [0.4, 0.5) is 0 Å². The van der Waals surface area contributed by atoms with E-state index in [4.69, 9.17) is 17.0 Å². The fourth-order valence-electron chi connectivity index (χ4n) is 3.91. The lowest BCUT2D eigenvalue weighted by Gasteiger charge is -2.29. The first-order chi connectivity index (χ1) is 14.2. The van der Waals surface area contributed by atoms with Gasteiger partial charge in [0.05, 0.1) is 24.9 Å². The summed E-state index contributed by atoms with van der Waals surface area (Å²) in [6.07, 6.45) is 6.16. The highest BCUT2D eigenvalue weighted by Gasteiger charge is 2.40. The average Bonchev–Trinajstić information content (AvgIpc) is 3.37. The Morgan fingerprint density at radius 1 is 1.10 bits per heavy atom. The van der Waals surface area contributed by atoms with Crippen LogP contribution in [0.3, 0.4) is 0 Å². The van der Waals surface area contributed by atoms with Gasteiger partial charge in [-0.1, -0.05) is 19.4 Å². The van der Waals surface area contributed by atoms with Gasteiger partial charge in [0.2, 0.25) is 0 Å². The molecule has 5 nitrogen and oxygen atoms in total. The number of nitrogens with one attached hydrogen (secondary N) is 1. The molecule has 4 rings (SSSR count). The molecule has 2 atom stereocenters. The van der Waals surface area contributed by atoms with Crippen LogP contribution in [0.5, 0.6) is 5.75 Å². The number of methoxy groups -OCH3 is 1. The number of hydrogen-bond acceptors (Lipinski definition) is 3. The molecule has 0 spiro atoms. The Kier molecular flexibility index (Phi) is 5.81. The number of rotatable bonds is 7. The molecule has 1 aliphatic rings. The van der Waals surface area contributed by atoms with Crippen LogP contribution in [0.25, 0.3) is 5.69 Å². The highest BCUT2D eigenvalue weighted by molar-refractivity contribution is 7.80. The van der Waals surface area contributed by atoms with E-state index in [9.17, 15) is 0 Å². The standard InChI is InChI=1S/C23H26N4OS/c1-3-4-15-27-22(21(25-23(27)29)19-8-5-6-14-24-19)20-9-7-16-26(20)17-10-12-18(28-2)13-11-17/h5-14,16,21-22H,3-4,15H2,1-2H3,(H,25,29)/t21-,22+/m0/s1. The van der Waals surface area contributed by atoms with Gasteiger partial charge in [0.25, 0.3) is 0 Å². The van der Waals surface area contributed by atoms with E-state index in [1.165, 1.54) is 5.69 Å². The van der Waals surface area contributed by atoms with Crippen molar-refractivity contribution in [2.24, 2.45) is 0 Å². The van der Waals surface area contributed by atoms with Gasteiger partial charge in [-0.15, -0.1) is 0 Å². The van der Waals surface area contributed by atoms with Gasteiger partial charge in [-0.05, 0) is 67.2 Å². The smallest absolute Gasteiger partial charge is 0.170 e. The molecule has 1 aliphatic heterocycles. The van der Waals surface area contributed by atoms with E-state index < -0.39 is 0 Å². The lowest BCUT2D eigenvalue weighted by Crippen LogP contribution is -2.31. The van der Waals surface area contributed by atoms with Crippen LogP contribution in [-0.4, -0.2) is 33.2 Å². The average molecular weight is 407 g/mol. The third-order valence-electron chi connectivity index (χ3n) is 5.38. The molecule has 0 saturated carbocycles. The van der Waals surface area contributed by atoms with E-state index in [-0.39, 0.29) is 12.1 Å². The zero-order valence-electron chi connectivity index (χ0n) is 16.8. The summed E-state index contributed by atoms with van der Waals surface area (Å²) >= 11 is 5.74. The summed E-state index contributed by atoms with van der Waals surface area (Å²) in [7, 11) is 1.68. The first kappa shape index (κ1) is 19.5. The van der Waals surface area contributed by atoms with Gasteiger partial charge in [-0.25, -0.2) is 0 Å². The molecule has 0 bridgehead atoms. The van der Waals surface area contributed by atoms with E-state index in [1.807, 2.05) is 30.5 Å². The minimum Gasteiger partial charge on any atom is -0.497 e. The molecule has 1 aromatic carbocycles. The van der Waals surface area contributed by atoms with Gasteiger partial charge in [0.15, 0.2) is 5.11 Å². The molecule has 0 aliphatic carbocycles. The van der Waals surface area contributed by atoms with Gasteiger partial charge < -0.3 is 19.5 Å². The molecule has 1 fully saturated rings. The van der Waals surface area contributed by atoms with E-state index in [0.29, 0.717) is 0 Å². The van der Waals surface area contributed by atoms with Crippen LogP contribution in [0.15, 0.2) is 67.0 Å². The molecular weight excluding hydrogens is 380 g/mol. The molecule has 3 aromatic rings. The number of nitrogens with zero attached hydrogens (tertiary/aromatic N) is 3. The number of pyridine rings is 1. The number of thiocarbonyl (C=S) groups is 1. The molecule has 0 unspecified atom stereocenters. The molecule has 1 saturated heterocycles. The van der Waals surface area contributed by atoms with Crippen LogP contribution >= 0.6 is 12.2 Å². The Labute approximate surface area is 177 Å². The van der Waals surface area contributed by atoms with E-state index in [0.717, 1.165) is 41.6 Å². The lowest BCUT2D eigenvalue weighted by molar-refractivity contribution is 0.304. The molecule has 0 amide bonds. The van der Waals surface area contributed by atoms with Crippen molar-refractivity contribution < 1.29 is 4.74 Å². The van der Waals surface area contributed by atoms with Crippen LogP contribution in [0, 0.1) is 0 Å². The molecule has 3 heterocycles. The summed E-state index contributed by atoms with van der Waals surface area (Å²) < 4.78 is 7.54. The monoisotopic (exact) mass is 406 g/mol. The molecule has 29 heavy (non-hydrogen) atoms. The summed E-state index contributed by atoms with van der Waals surface area (Å²) in [5.41, 5.74) is 3.29. The van der Waals surface area contributed by atoms with Crippen LogP contribution in [0.1, 0.15) is 43.2 Å². The molecule has 6 heteroatoms. The Hall–Kier alpha value is -2.86. The number of aromatic nitrogens is 2. The van der Waals surface area contributed by atoms with Crippen molar-refractivity contribution in [1.29, 1.82) is 0 Å². The van der Waals surface area contributed by atoms with Crippen molar-refractivity contribution in [3.63, 3.8) is 0 Å². The zero-order chi connectivity index (χ0) is 20.2. The Morgan fingerprint density at radius 2 is 1.93 bits per heavy atom. The maximum absolute atomic E-state index is 5.74. The quantitative estimate of drug-likeness (QED) is 0.579. The second kappa shape index (κ2) is 8.66. The number of unbranched alkanes of at least 4 members (excludes halogenated alkanes) is 1. The van der Waals surface area contributed by atoms with Crippen LogP contribution in [0.2, 0.25) is 0 Å². The number of ether oxygens (including phenoxy) is 1. The number of hydrogen-bond donors (Lipinski definition) is 1. The topological polar surface area (TPSA) is 42.3 Å². The maximum atomic E-state index is 5.74. The van der Waals surface area contributed by atoms with Crippen molar-refractivity contribution in [3.8, 4) is 11.4 Å². The predicted octanol–water partition coefficient (Wildman–Crippen LogP) is 4.65. The highest BCUT2D eigenvalue weighted by atomic mass is 32.1. The Morgan fingerprint density at radius 3 is 2.62 bits per heavy atom. The molecule has 0 radical (unpaired) electrons. The summed E-state index contributed by atoms with van der Waals surface area (Å²) in [4.78, 5) is 6.93. The highest BCUT2D eigenvalue weighted by Crippen LogP contribution is 2.39. The second-order valence-corrected chi connectivity index (χ2v) is 7.56. The van der Waals surface area contributed by atoms with Gasteiger partial charge in [0, 0.05) is 30.3 Å². The summed E-state index contributed by atoms with van der Waals surface area (Å²) in [6, 6.07) is 18.5. The third-order valence-corrected chi connectivity index (χ3v) is 5.74. The fourth-order valence-corrected chi connectivity index (χ4v) is 4.24. The van der Waals surface area contributed by atoms with Crippen molar-refractivity contribution in [2.45, 2.75) is 31.8 Å². The van der Waals surface area contributed by atoms with Crippen LogP contribution < -0.4 is 10.1 Å². The van der Waals surface area contributed by atoms with Crippen molar-refractivity contribution >= 4 is 17.3 Å². The predicted molar refractivity (Wildman–Crippen MR) is 119 cm³/mol. The van der Waals surface area contributed by atoms with Crippen LogP contribution in [-0.2, 0) is 0 Å². The molecule has 2 aromatic heterocycles. The second-order valence-electron chi connectivity index (χ2n) is 7.17. The van der Waals surface area contributed by atoms with E-state index in [1.54, 1.807) is 7.11 Å². The minimum atomic E-state index is 0.00690. The van der Waals surface area contributed by atoms with E-state index >= 15 is 0 Å². The maximum Gasteiger partial charge on any atom is 0.170 e. The van der Waals surface area contributed by atoms with Crippen molar-refractivity contribution in [3.05, 3.63) is 78.4 Å². The lowest BCUT2D eigenvalue weighted by atomic mass is 10.0. The number of benzene rings is 1. The van der Waals surface area contributed by atoms with Gasteiger partial charge in [0.1, 0.15) is 5.75 Å². The van der Waals surface area contributed by atoms with Gasteiger partial charge in [-0.3, -0.25) is 4.98 Å². The van der Waals surface area contributed by atoms with Crippen molar-refractivity contribution in [1.82, 2.24) is 19.8 Å². The Bertz CT molecular complexity index is 955. The van der Waals surface area contributed by atoms with Gasteiger partial charge >= 0.3 is 0 Å². The third kappa shape index (κ3) is 3.85. The normalized spacial score (nSPS) is 18.7. The minimum absolute atomic E-state index is 0.00690. The molecule has 1 N–H and O–H groups in total. The first-order valence-corrected chi connectivity index (χ1v) is 10.4. The molecular formula is C23H26N4OS. The first-order valence-electron chi connectivity index (χ1n) is 10.0. The summed E-state index contributed by atoms with van der Waals surface area (Å²) in [6.45, 7) is 3.13. The van der Waals surface area contributed by atoms with Crippen molar-refractivity contribution in [2.75, 3.05) is 13.7 Å². The van der Waals surface area contributed by atoms with E-state index in [2.05, 4.69) is 63.2 Å². The molecule has 150 valence electrons.